The first-order valence-corrected chi connectivity index (χ1v) is 9.31. The Bertz CT molecular complexity index is 605. The number of hydrogen-bond acceptors (Lipinski definition) is 3. The molecule has 19 heavy (non-hydrogen) atoms. The summed E-state index contributed by atoms with van der Waals surface area (Å²) in [5.41, 5.74) is 0.693. The van der Waals surface area contributed by atoms with Crippen LogP contribution in [0.2, 0.25) is 18.1 Å². The molecule has 3 nitrogen and oxygen atoms in total. The number of furan rings is 1. The molecule has 0 saturated carbocycles. The van der Waals surface area contributed by atoms with Crippen LogP contribution in [-0.2, 0) is 0 Å². The quantitative estimate of drug-likeness (QED) is 0.606. The summed E-state index contributed by atoms with van der Waals surface area (Å²) in [6.07, 6.45) is 0.717. The van der Waals surface area contributed by atoms with Gasteiger partial charge in [-0.25, -0.2) is 0 Å². The summed E-state index contributed by atoms with van der Waals surface area (Å²) in [7, 11) is -1.85. The van der Waals surface area contributed by atoms with Crippen LogP contribution in [0.3, 0.4) is 0 Å². The van der Waals surface area contributed by atoms with Gasteiger partial charge in [0, 0.05) is 11.5 Å². The molecule has 0 unspecified atom stereocenters. The van der Waals surface area contributed by atoms with Gasteiger partial charge < -0.3 is 8.84 Å². The summed E-state index contributed by atoms with van der Waals surface area (Å²) < 4.78 is 11.6. The van der Waals surface area contributed by atoms with Crippen LogP contribution in [-0.4, -0.2) is 14.6 Å². The smallest absolute Gasteiger partial charge is 0.250 e. The molecule has 0 amide bonds. The molecule has 0 radical (unpaired) electrons. The standard InChI is InChI=1S/C15H20O3Si/c1-15(2,3)19(4,5)18-12-7-6-11-8-13(10-16)17-14(11)9-12/h6-10H,1-5H3. The maximum Gasteiger partial charge on any atom is 0.250 e. The van der Waals surface area contributed by atoms with Gasteiger partial charge in [0.05, 0.1) is 0 Å². The van der Waals surface area contributed by atoms with E-state index in [0.717, 1.165) is 11.1 Å². The number of carbonyl (C=O) groups is 1. The lowest BCUT2D eigenvalue weighted by atomic mass is 10.2. The first-order chi connectivity index (χ1) is 8.73. The number of hydrogen-bond donors (Lipinski definition) is 0. The first-order valence-electron chi connectivity index (χ1n) is 6.41. The van der Waals surface area contributed by atoms with Crippen molar-refractivity contribution in [3.05, 3.63) is 30.0 Å². The molecule has 0 bridgehead atoms. The van der Waals surface area contributed by atoms with Crippen molar-refractivity contribution in [2.24, 2.45) is 0 Å². The normalized spacial score (nSPS) is 12.7. The Hall–Kier alpha value is -1.55. The molecule has 1 heterocycles. The van der Waals surface area contributed by atoms with E-state index in [1.165, 1.54) is 0 Å². The molecule has 0 aliphatic carbocycles. The second-order valence-electron chi connectivity index (χ2n) is 6.33. The van der Waals surface area contributed by atoms with Gasteiger partial charge >= 0.3 is 0 Å². The molecule has 0 atom stereocenters. The predicted molar refractivity (Wildman–Crippen MR) is 79.4 cm³/mol. The van der Waals surface area contributed by atoms with Gasteiger partial charge in [0.25, 0.3) is 0 Å². The van der Waals surface area contributed by atoms with Gasteiger partial charge in [-0.3, -0.25) is 4.79 Å². The topological polar surface area (TPSA) is 39.4 Å². The van der Waals surface area contributed by atoms with E-state index in [-0.39, 0.29) is 5.04 Å². The number of aldehydes is 1. The van der Waals surface area contributed by atoms with Gasteiger partial charge in [0.1, 0.15) is 11.3 Å². The van der Waals surface area contributed by atoms with Crippen LogP contribution < -0.4 is 4.43 Å². The fraction of sp³-hybridized carbons (Fsp3) is 0.400. The van der Waals surface area contributed by atoms with Crippen LogP contribution in [0.5, 0.6) is 5.75 Å². The van der Waals surface area contributed by atoms with E-state index >= 15 is 0 Å². The number of fused-ring (bicyclic) bond motifs is 1. The molecule has 0 N–H and O–H groups in total. The maximum absolute atomic E-state index is 10.7. The van der Waals surface area contributed by atoms with Crippen LogP contribution >= 0.6 is 0 Å². The Morgan fingerprint density at radius 1 is 1.21 bits per heavy atom. The van der Waals surface area contributed by atoms with E-state index in [1.54, 1.807) is 6.07 Å². The second kappa shape index (κ2) is 4.53. The van der Waals surface area contributed by atoms with Crippen LogP contribution in [0, 0.1) is 0 Å². The Balaban J connectivity index is 2.34. The first kappa shape index (κ1) is 13.9. The molecule has 102 valence electrons. The lowest BCUT2D eigenvalue weighted by Crippen LogP contribution is -2.43. The molecular formula is C15H20O3Si. The minimum absolute atomic E-state index is 0.152. The minimum atomic E-state index is -1.85. The summed E-state index contributed by atoms with van der Waals surface area (Å²) in [6, 6.07) is 7.46. The van der Waals surface area contributed by atoms with Crippen LogP contribution in [0.4, 0.5) is 0 Å². The Morgan fingerprint density at radius 3 is 2.47 bits per heavy atom. The summed E-state index contributed by atoms with van der Waals surface area (Å²) in [6.45, 7) is 11.0. The highest BCUT2D eigenvalue weighted by atomic mass is 28.4. The van der Waals surface area contributed by atoms with E-state index < -0.39 is 8.32 Å². The zero-order valence-electron chi connectivity index (χ0n) is 12.1. The van der Waals surface area contributed by atoms with Crippen molar-refractivity contribution >= 4 is 25.6 Å². The third-order valence-electron chi connectivity index (χ3n) is 3.81. The third-order valence-corrected chi connectivity index (χ3v) is 8.16. The molecule has 2 aromatic rings. The van der Waals surface area contributed by atoms with Crippen molar-refractivity contribution in [2.45, 2.75) is 38.9 Å². The van der Waals surface area contributed by atoms with Gasteiger partial charge in [-0.2, -0.15) is 0 Å². The second-order valence-corrected chi connectivity index (χ2v) is 11.1. The molecule has 0 spiro atoms. The molecule has 0 fully saturated rings. The van der Waals surface area contributed by atoms with E-state index in [0.29, 0.717) is 17.6 Å². The number of carbonyl (C=O) groups excluding carboxylic acids is 1. The van der Waals surface area contributed by atoms with Crippen molar-refractivity contribution in [1.29, 1.82) is 0 Å². The van der Waals surface area contributed by atoms with E-state index in [1.807, 2.05) is 18.2 Å². The third kappa shape index (κ3) is 2.73. The monoisotopic (exact) mass is 276 g/mol. The largest absolute Gasteiger partial charge is 0.543 e. The molecule has 1 aromatic heterocycles. The van der Waals surface area contributed by atoms with Crippen LogP contribution in [0.25, 0.3) is 11.0 Å². The van der Waals surface area contributed by atoms with Crippen molar-refractivity contribution in [1.82, 2.24) is 0 Å². The lowest BCUT2D eigenvalue weighted by Gasteiger charge is -2.36. The fourth-order valence-electron chi connectivity index (χ4n) is 1.60. The highest BCUT2D eigenvalue weighted by Gasteiger charge is 2.39. The maximum atomic E-state index is 10.7. The molecule has 1 aromatic carbocycles. The van der Waals surface area contributed by atoms with Gasteiger partial charge in [0.15, 0.2) is 12.0 Å². The molecular weight excluding hydrogens is 256 g/mol. The van der Waals surface area contributed by atoms with Gasteiger partial charge in [-0.1, -0.05) is 20.8 Å². The van der Waals surface area contributed by atoms with Gasteiger partial charge in [-0.05, 0) is 36.3 Å². The number of benzene rings is 1. The van der Waals surface area contributed by atoms with Gasteiger partial charge in [0.2, 0.25) is 8.32 Å². The van der Waals surface area contributed by atoms with Crippen molar-refractivity contribution in [3.63, 3.8) is 0 Å². The fourth-order valence-corrected chi connectivity index (χ4v) is 2.62. The summed E-state index contributed by atoms with van der Waals surface area (Å²) in [5.74, 6) is 1.16. The van der Waals surface area contributed by atoms with E-state index in [9.17, 15) is 4.79 Å². The van der Waals surface area contributed by atoms with E-state index in [2.05, 4.69) is 33.9 Å². The lowest BCUT2D eigenvalue weighted by molar-refractivity contribution is 0.110. The molecule has 0 aliphatic heterocycles. The molecule has 4 heteroatoms. The average molecular weight is 276 g/mol. The zero-order valence-corrected chi connectivity index (χ0v) is 13.1. The predicted octanol–water partition coefficient (Wildman–Crippen LogP) is 4.63. The molecule has 0 saturated heterocycles. The SMILES string of the molecule is CC(C)(C)[Si](C)(C)Oc1ccc2cc(C=O)oc2c1. The summed E-state index contributed by atoms with van der Waals surface area (Å²) >= 11 is 0. The Labute approximate surface area is 114 Å². The summed E-state index contributed by atoms with van der Waals surface area (Å²) in [5, 5.41) is 1.07. The average Bonchev–Trinajstić information content (AvgIpc) is 2.69. The van der Waals surface area contributed by atoms with Crippen molar-refractivity contribution in [2.75, 3.05) is 0 Å². The zero-order chi connectivity index (χ0) is 14.3. The Morgan fingerprint density at radius 2 is 1.89 bits per heavy atom. The van der Waals surface area contributed by atoms with Crippen molar-refractivity contribution in [3.8, 4) is 5.75 Å². The molecule has 2 rings (SSSR count). The Kier molecular flexibility index (Phi) is 3.30. The van der Waals surface area contributed by atoms with Crippen molar-refractivity contribution < 1.29 is 13.6 Å². The summed E-state index contributed by atoms with van der Waals surface area (Å²) in [4.78, 5) is 10.7. The van der Waals surface area contributed by atoms with Crippen LogP contribution in [0.1, 0.15) is 31.3 Å². The van der Waals surface area contributed by atoms with E-state index in [4.69, 9.17) is 8.84 Å². The van der Waals surface area contributed by atoms with Gasteiger partial charge in [-0.15, -0.1) is 0 Å². The van der Waals surface area contributed by atoms with Crippen LogP contribution in [0.15, 0.2) is 28.7 Å². The highest BCUT2D eigenvalue weighted by Crippen LogP contribution is 2.38. The highest BCUT2D eigenvalue weighted by molar-refractivity contribution is 6.74. The number of rotatable bonds is 3. The minimum Gasteiger partial charge on any atom is -0.543 e. The molecule has 0 aliphatic rings.